The zero-order valence-electron chi connectivity index (χ0n) is 9.96. The third kappa shape index (κ3) is 2.43. The molecule has 1 saturated heterocycles. The number of carboxylic acids is 1. The smallest absolute Gasteiger partial charge is 0.305 e. The van der Waals surface area contributed by atoms with Crippen molar-refractivity contribution in [1.82, 2.24) is 20.2 Å². The second-order valence-corrected chi connectivity index (χ2v) is 6.17. The average Bonchev–Trinajstić information content (AvgIpc) is 2.84. The summed E-state index contributed by atoms with van der Waals surface area (Å²) < 4.78 is 1.59. The number of rotatable bonds is 4. The summed E-state index contributed by atoms with van der Waals surface area (Å²) in [6, 6.07) is -0.212. The fourth-order valence-corrected chi connectivity index (χ4v) is 3.42. The minimum Gasteiger partial charge on any atom is -0.481 e. The van der Waals surface area contributed by atoms with Crippen LogP contribution in [-0.2, 0) is 9.54 Å². The number of aliphatic carboxylic acids is 1. The van der Waals surface area contributed by atoms with Crippen LogP contribution in [0, 0.1) is 0 Å². The van der Waals surface area contributed by atoms with E-state index in [0.29, 0.717) is 0 Å². The molecule has 7 heteroatoms. The maximum absolute atomic E-state index is 10.7. The Morgan fingerprint density at radius 1 is 1.71 bits per heavy atom. The Morgan fingerprint density at radius 3 is 3.06 bits per heavy atom. The second-order valence-electron chi connectivity index (χ2n) is 4.58. The lowest BCUT2D eigenvalue weighted by Gasteiger charge is -2.23. The number of hydrogen-bond acceptors (Lipinski definition) is 5. The van der Waals surface area contributed by atoms with Gasteiger partial charge in [-0.2, -0.15) is 0 Å². The molecule has 0 aromatic carbocycles. The highest BCUT2D eigenvalue weighted by Gasteiger charge is 2.37. The largest absolute Gasteiger partial charge is 0.481 e. The van der Waals surface area contributed by atoms with Crippen LogP contribution < -0.4 is 0 Å². The number of carbonyl (C=O) groups is 1. The van der Waals surface area contributed by atoms with E-state index in [1.807, 2.05) is 18.7 Å². The van der Waals surface area contributed by atoms with Crippen molar-refractivity contribution < 1.29 is 9.90 Å². The van der Waals surface area contributed by atoms with Crippen molar-refractivity contribution in [3.8, 4) is 0 Å². The minimum atomic E-state index is -0.830. The summed E-state index contributed by atoms with van der Waals surface area (Å²) in [7, 11) is 0. The van der Waals surface area contributed by atoms with Crippen LogP contribution in [0.2, 0.25) is 0 Å². The fourth-order valence-electron chi connectivity index (χ4n) is 2.13. The molecule has 17 heavy (non-hydrogen) atoms. The predicted octanol–water partition coefficient (Wildman–Crippen LogP) is 1.45. The molecule has 0 bridgehead atoms. The summed E-state index contributed by atoms with van der Waals surface area (Å²) in [6.45, 7) is 3.96. The number of tetrazole rings is 1. The highest BCUT2D eigenvalue weighted by atomic mass is 32.2. The second kappa shape index (κ2) is 4.64. The van der Waals surface area contributed by atoms with Gasteiger partial charge in [-0.3, -0.25) is 4.79 Å². The van der Waals surface area contributed by atoms with E-state index in [1.165, 1.54) is 0 Å². The minimum absolute atomic E-state index is 0.0405. The Labute approximate surface area is 104 Å². The van der Waals surface area contributed by atoms with Gasteiger partial charge in [0.05, 0.1) is 17.2 Å². The highest BCUT2D eigenvalue weighted by molar-refractivity contribution is 8.00. The Kier molecular flexibility index (Phi) is 3.37. The first-order valence-electron chi connectivity index (χ1n) is 5.67. The van der Waals surface area contributed by atoms with E-state index in [9.17, 15) is 4.79 Å². The van der Waals surface area contributed by atoms with Crippen LogP contribution in [0.15, 0.2) is 0 Å². The Morgan fingerprint density at radius 2 is 2.47 bits per heavy atom. The van der Waals surface area contributed by atoms with Crippen LogP contribution in [-0.4, -0.2) is 37.0 Å². The molecule has 1 aromatic heterocycles. The third-order valence-corrected chi connectivity index (χ3v) is 4.59. The van der Waals surface area contributed by atoms with Crippen molar-refractivity contribution >= 4 is 17.7 Å². The van der Waals surface area contributed by atoms with Gasteiger partial charge in [0, 0.05) is 0 Å². The van der Waals surface area contributed by atoms with Gasteiger partial charge in [0.2, 0.25) is 0 Å². The van der Waals surface area contributed by atoms with Gasteiger partial charge in [0.15, 0.2) is 5.82 Å². The van der Waals surface area contributed by atoms with E-state index >= 15 is 0 Å². The molecule has 1 aliphatic heterocycles. The van der Waals surface area contributed by atoms with Crippen molar-refractivity contribution in [2.45, 2.75) is 43.9 Å². The molecule has 0 aliphatic carbocycles. The quantitative estimate of drug-likeness (QED) is 0.878. The van der Waals surface area contributed by atoms with Crippen molar-refractivity contribution in [1.29, 1.82) is 0 Å². The number of aromatic nitrogens is 4. The van der Waals surface area contributed by atoms with Crippen LogP contribution in [0.5, 0.6) is 0 Å². The monoisotopic (exact) mass is 256 g/mol. The number of nitrogens with zero attached hydrogens (tertiary/aromatic N) is 4. The van der Waals surface area contributed by atoms with E-state index < -0.39 is 5.97 Å². The highest BCUT2D eigenvalue weighted by Crippen LogP contribution is 2.45. The molecule has 2 heterocycles. The van der Waals surface area contributed by atoms with E-state index in [-0.39, 0.29) is 17.2 Å². The van der Waals surface area contributed by atoms with E-state index in [2.05, 4.69) is 22.4 Å². The van der Waals surface area contributed by atoms with Crippen LogP contribution in [0.4, 0.5) is 0 Å². The van der Waals surface area contributed by atoms with E-state index in [4.69, 9.17) is 5.11 Å². The summed E-state index contributed by atoms with van der Waals surface area (Å²) >= 11 is 1.84. The fraction of sp³-hybridized carbons (Fsp3) is 0.800. The Balaban J connectivity index is 2.24. The Bertz CT molecular complexity index is 414. The molecule has 1 aliphatic rings. The molecule has 2 rings (SSSR count). The number of hydrogen-bond donors (Lipinski definition) is 1. The molecule has 0 spiro atoms. The van der Waals surface area contributed by atoms with Crippen LogP contribution in [0.1, 0.15) is 45.0 Å². The number of carboxylic acid groups (broad SMARTS) is 1. The van der Waals surface area contributed by atoms with Crippen molar-refractivity contribution in [3.05, 3.63) is 5.82 Å². The molecule has 1 N–H and O–H groups in total. The van der Waals surface area contributed by atoms with Gasteiger partial charge in [-0.15, -0.1) is 16.9 Å². The average molecular weight is 256 g/mol. The molecule has 1 aromatic rings. The van der Waals surface area contributed by atoms with Gasteiger partial charge in [0.25, 0.3) is 0 Å². The molecule has 6 nitrogen and oxygen atoms in total. The van der Waals surface area contributed by atoms with Crippen LogP contribution in [0.3, 0.4) is 0 Å². The molecule has 2 atom stereocenters. The summed E-state index contributed by atoms with van der Waals surface area (Å²) in [5, 5.41) is 20.5. The normalized spacial score (nSPS) is 26.0. The standard InChI is InChI=1S/C10H16N4O2S/c1-7(6-8(15)16)14-9(11-12-13-14)10(2)4-3-5-17-10/h7H,3-6H2,1-2H3,(H,15,16). The molecule has 0 radical (unpaired) electrons. The maximum Gasteiger partial charge on any atom is 0.305 e. The third-order valence-electron chi connectivity index (χ3n) is 3.07. The number of thioether (sulfide) groups is 1. The SMILES string of the molecule is CC(CC(=O)O)n1nnnc1C1(C)CCCS1. The van der Waals surface area contributed by atoms with E-state index in [1.54, 1.807) is 4.68 Å². The lowest BCUT2D eigenvalue weighted by molar-refractivity contribution is -0.137. The van der Waals surface area contributed by atoms with Gasteiger partial charge in [-0.1, -0.05) is 0 Å². The van der Waals surface area contributed by atoms with Gasteiger partial charge in [-0.05, 0) is 42.9 Å². The predicted molar refractivity (Wildman–Crippen MR) is 63.8 cm³/mol. The topological polar surface area (TPSA) is 80.9 Å². The summed E-state index contributed by atoms with van der Waals surface area (Å²) in [4.78, 5) is 10.7. The van der Waals surface area contributed by atoms with Crippen molar-refractivity contribution in [2.24, 2.45) is 0 Å². The van der Waals surface area contributed by atoms with Crippen molar-refractivity contribution in [3.63, 3.8) is 0 Å². The maximum atomic E-state index is 10.7. The lowest BCUT2D eigenvalue weighted by Crippen LogP contribution is -2.24. The van der Waals surface area contributed by atoms with Crippen molar-refractivity contribution in [2.75, 3.05) is 5.75 Å². The molecular formula is C10H16N4O2S. The Hall–Kier alpha value is -1.11. The van der Waals surface area contributed by atoms with E-state index in [0.717, 1.165) is 24.4 Å². The first kappa shape index (κ1) is 12.3. The first-order valence-corrected chi connectivity index (χ1v) is 6.65. The summed E-state index contributed by atoms with van der Waals surface area (Å²) in [5.41, 5.74) is 0. The first-order chi connectivity index (χ1) is 8.03. The van der Waals surface area contributed by atoms with Gasteiger partial charge < -0.3 is 5.11 Å². The van der Waals surface area contributed by atoms with Gasteiger partial charge in [0.1, 0.15) is 0 Å². The molecule has 0 saturated carbocycles. The van der Waals surface area contributed by atoms with Gasteiger partial charge in [-0.25, -0.2) is 4.68 Å². The molecule has 0 amide bonds. The molecule has 2 unspecified atom stereocenters. The van der Waals surface area contributed by atoms with Crippen LogP contribution in [0.25, 0.3) is 0 Å². The molecule has 1 fully saturated rings. The summed E-state index contributed by atoms with van der Waals surface area (Å²) in [5.74, 6) is 1.08. The molecular weight excluding hydrogens is 240 g/mol. The van der Waals surface area contributed by atoms with Gasteiger partial charge >= 0.3 is 5.97 Å². The lowest BCUT2D eigenvalue weighted by atomic mass is 10.0. The molecule has 94 valence electrons. The zero-order valence-corrected chi connectivity index (χ0v) is 10.8. The van der Waals surface area contributed by atoms with Crippen LogP contribution >= 0.6 is 11.8 Å². The zero-order chi connectivity index (χ0) is 12.5. The summed E-state index contributed by atoms with van der Waals surface area (Å²) in [6.07, 6.45) is 2.23.